The lowest BCUT2D eigenvalue weighted by atomic mass is 9.95. The van der Waals surface area contributed by atoms with E-state index >= 15 is 0 Å². The van der Waals surface area contributed by atoms with Crippen LogP contribution in [0.1, 0.15) is 70.2 Å². The zero-order valence-corrected chi connectivity index (χ0v) is 21.1. The predicted octanol–water partition coefficient (Wildman–Crippen LogP) is 4.24. The number of esters is 1. The van der Waals surface area contributed by atoms with Crippen molar-refractivity contribution in [2.75, 3.05) is 32.1 Å². The monoisotopic (exact) mass is 506 g/mol. The molecule has 2 heterocycles. The van der Waals surface area contributed by atoms with Crippen molar-refractivity contribution < 1.29 is 27.5 Å². The Morgan fingerprint density at radius 1 is 1.09 bits per heavy atom. The van der Waals surface area contributed by atoms with Crippen LogP contribution < -0.4 is 10.1 Å². The fourth-order valence-corrected chi connectivity index (χ4v) is 7.34. The average molecular weight is 507 g/mol. The first-order chi connectivity index (χ1) is 16.4. The molecule has 0 atom stereocenters. The summed E-state index contributed by atoms with van der Waals surface area (Å²) in [5.41, 5.74) is 1.45. The molecule has 0 radical (unpaired) electrons. The number of carbonyl (C=O) groups excluding carboxylic acids is 2. The SMILES string of the molecule is CCOC(=O)c1c(NC(=O)c2cc(S(=O)(=O)N3CCCCC3)ccc2OC)sc2c1CCCC2. The van der Waals surface area contributed by atoms with Gasteiger partial charge in [-0.15, -0.1) is 11.3 Å². The Bertz CT molecular complexity index is 1180. The third kappa shape index (κ3) is 4.85. The first-order valence-corrected chi connectivity index (χ1v) is 13.9. The Labute approximate surface area is 204 Å². The number of anilines is 1. The third-order valence-electron chi connectivity index (χ3n) is 6.25. The van der Waals surface area contributed by atoms with E-state index in [1.165, 1.54) is 41.0 Å². The topological polar surface area (TPSA) is 102 Å². The van der Waals surface area contributed by atoms with Gasteiger partial charge in [-0.05, 0) is 69.2 Å². The molecule has 1 fully saturated rings. The number of hydrogen-bond donors (Lipinski definition) is 1. The number of rotatable bonds is 7. The Morgan fingerprint density at radius 3 is 2.53 bits per heavy atom. The van der Waals surface area contributed by atoms with Gasteiger partial charge in [0.25, 0.3) is 5.91 Å². The van der Waals surface area contributed by atoms with Gasteiger partial charge in [0, 0.05) is 18.0 Å². The summed E-state index contributed by atoms with van der Waals surface area (Å²) >= 11 is 1.38. The lowest BCUT2D eigenvalue weighted by Gasteiger charge is -2.26. The van der Waals surface area contributed by atoms with E-state index in [-0.39, 0.29) is 22.8 Å². The van der Waals surface area contributed by atoms with Gasteiger partial charge >= 0.3 is 5.97 Å². The number of thiophene rings is 1. The molecule has 0 bridgehead atoms. The number of amides is 1. The molecule has 1 aromatic heterocycles. The highest BCUT2D eigenvalue weighted by molar-refractivity contribution is 7.89. The van der Waals surface area contributed by atoms with Crippen LogP contribution in [0.2, 0.25) is 0 Å². The minimum absolute atomic E-state index is 0.0523. The number of hydrogen-bond acceptors (Lipinski definition) is 7. The second kappa shape index (κ2) is 10.5. The van der Waals surface area contributed by atoms with Gasteiger partial charge in [-0.1, -0.05) is 6.42 Å². The fourth-order valence-electron chi connectivity index (χ4n) is 4.52. The first kappa shape index (κ1) is 24.7. The van der Waals surface area contributed by atoms with E-state index < -0.39 is 21.9 Å². The lowest BCUT2D eigenvalue weighted by molar-refractivity contribution is 0.0526. The summed E-state index contributed by atoms with van der Waals surface area (Å²) in [7, 11) is -2.29. The van der Waals surface area contributed by atoms with Crippen molar-refractivity contribution in [1.29, 1.82) is 0 Å². The van der Waals surface area contributed by atoms with Crippen molar-refractivity contribution in [1.82, 2.24) is 4.31 Å². The van der Waals surface area contributed by atoms with Crippen LogP contribution in [0, 0.1) is 0 Å². The van der Waals surface area contributed by atoms with Crippen molar-refractivity contribution in [2.24, 2.45) is 0 Å². The van der Waals surface area contributed by atoms with Crippen molar-refractivity contribution in [3.05, 3.63) is 39.8 Å². The quantitative estimate of drug-likeness (QED) is 0.564. The van der Waals surface area contributed by atoms with Crippen LogP contribution in [0.15, 0.2) is 23.1 Å². The molecule has 2 aliphatic rings. The summed E-state index contributed by atoms with van der Waals surface area (Å²) in [5, 5.41) is 3.28. The smallest absolute Gasteiger partial charge is 0.341 e. The molecule has 4 rings (SSSR count). The third-order valence-corrected chi connectivity index (χ3v) is 9.35. The molecule has 8 nitrogen and oxygen atoms in total. The number of ether oxygens (including phenoxy) is 2. The van der Waals surface area contributed by atoms with E-state index in [2.05, 4.69) is 5.32 Å². The van der Waals surface area contributed by atoms with Crippen molar-refractivity contribution in [3.63, 3.8) is 0 Å². The van der Waals surface area contributed by atoms with Gasteiger partial charge in [-0.2, -0.15) is 4.31 Å². The van der Waals surface area contributed by atoms with Gasteiger partial charge in [0.05, 0.1) is 29.7 Å². The van der Waals surface area contributed by atoms with Crippen LogP contribution in [-0.2, 0) is 27.6 Å². The molecule has 1 amide bonds. The van der Waals surface area contributed by atoms with Crippen LogP contribution >= 0.6 is 11.3 Å². The number of aryl methyl sites for hydroxylation is 1. The van der Waals surface area contributed by atoms with E-state index in [0.717, 1.165) is 55.4 Å². The van der Waals surface area contributed by atoms with Crippen LogP contribution in [0.5, 0.6) is 5.75 Å². The lowest BCUT2D eigenvalue weighted by Crippen LogP contribution is -2.35. The second-order valence-electron chi connectivity index (χ2n) is 8.42. The summed E-state index contributed by atoms with van der Waals surface area (Å²) in [6.45, 7) is 2.92. The standard InChI is InChI=1S/C24H30N2O6S2/c1-3-32-24(28)21-17-9-5-6-10-20(17)33-23(21)25-22(27)18-15-16(11-12-19(18)31-2)34(29,30)26-13-7-4-8-14-26/h11-12,15H,3-10,13-14H2,1-2H3,(H,25,27). The van der Waals surface area contributed by atoms with Crippen LogP contribution in [0.25, 0.3) is 0 Å². The number of nitrogens with one attached hydrogen (secondary N) is 1. The Morgan fingerprint density at radius 2 is 1.82 bits per heavy atom. The molecule has 0 unspecified atom stereocenters. The number of carbonyl (C=O) groups is 2. The molecular formula is C24H30N2O6S2. The van der Waals surface area contributed by atoms with Crippen molar-refractivity contribution in [2.45, 2.75) is 56.8 Å². The summed E-state index contributed by atoms with van der Waals surface area (Å²) in [6.07, 6.45) is 6.29. The minimum Gasteiger partial charge on any atom is -0.496 e. The maximum atomic E-state index is 13.3. The normalized spacial score (nSPS) is 16.5. The molecule has 1 aliphatic carbocycles. The molecule has 0 saturated carbocycles. The van der Waals surface area contributed by atoms with E-state index in [0.29, 0.717) is 23.7 Å². The van der Waals surface area contributed by atoms with E-state index in [4.69, 9.17) is 9.47 Å². The Kier molecular flexibility index (Phi) is 7.59. The number of piperidine rings is 1. The Balaban J connectivity index is 1.68. The number of fused-ring (bicyclic) bond motifs is 1. The molecule has 1 saturated heterocycles. The van der Waals surface area contributed by atoms with Gasteiger partial charge in [0.15, 0.2) is 0 Å². The maximum Gasteiger partial charge on any atom is 0.341 e. The minimum atomic E-state index is -3.72. The van der Waals surface area contributed by atoms with Gasteiger partial charge in [0.1, 0.15) is 10.8 Å². The highest BCUT2D eigenvalue weighted by Crippen LogP contribution is 2.39. The highest BCUT2D eigenvalue weighted by atomic mass is 32.2. The van der Waals surface area contributed by atoms with Gasteiger partial charge < -0.3 is 14.8 Å². The van der Waals surface area contributed by atoms with E-state index in [9.17, 15) is 18.0 Å². The van der Waals surface area contributed by atoms with Gasteiger partial charge in [-0.3, -0.25) is 4.79 Å². The highest BCUT2D eigenvalue weighted by Gasteiger charge is 2.30. The number of sulfonamides is 1. The molecule has 2 aromatic rings. The van der Waals surface area contributed by atoms with Crippen LogP contribution in [-0.4, -0.2) is 51.4 Å². The molecule has 34 heavy (non-hydrogen) atoms. The number of nitrogens with zero attached hydrogens (tertiary/aromatic N) is 1. The van der Waals surface area contributed by atoms with Crippen molar-refractivity contribution >= 4 is 38.2 Å². The molecule has 1 aliphatic heterocycles. The zero-order valence-electron chi connectivity index (χ0n) is 19.5. The van der Waals surface area contributed by atoms with Gasteiger partial charge in [-0.25, -0.2) is 13.2 Å². The number of methoxy groups -OCH3 is 1. The zero-order chi connectivity index (χ0) is 24.3. The fraction of sp³-hybridized carbons (Fsp3) is 0.500. The summed E-state index contributed by atoms with van der Waals surface area (Å²) in [4.78, 5) is 27.2. The summed E-state index contributed by atoms with van der Waals surface area (Å²) in [6, 6.07) is 4.32. The molecule has 1 N–H and O–H groups in total. The van der Waals surface area contributed by atoms with Gasteiger partial charge in [0.2, 0.25) is 10.0 Å². The molecule has 0 spiro atoms. The number of benzene rings is 1. The maximum absolute atomic E-state index is 13.3. The Hall–Kier alpha value is -2.43. The summed E-state index contributed by atoms with van der Waals surface area (Å²) < 4.78 is 38.4. The average Bonchev–Trinajstić information content (AvgIpc) is 3.22. The van der Waals surface area contributed by atoms with Crippen molar-refractivity contribution in [3.8, 4) is 5.75 Å². The molecule has 10 heteroatoms. The van der Waals surface area contributed by atoms with Crippen LogP contribution in [0.4, 0.5) is 5.00 Å². The molecule has 184 valence electrons. The summed E-state index contributed by atoms with van der Waals surface area (Å²) in [5.74, 6) is -0.726. The van der Waals surface area contributed by atoms with Crippen LogP contribution in [0.3, 0.4) is 0 Å². The largest absolute Gasteiger partial charge is 0.496 e. The predicted molar refractivity (Wildman–Crippen MR) is 130 cm³/mol. The molecule has 1 aromatic carbocycles. The first-order valence-electron chi connectivity index (χ1n) is 11.7. The second-order valence-corrected chi connectivity index (χ2v) is 11.5. The van der Waals surface area contributed by atoms with E-state index in [1.807, 2.05) is 0 Å². The van der Waals surface area contributed by atoms with E-state index in [1.54, 1.807) is 6.92 Å². The molecular weight excluding hydrogens is 476 g/mol.